The number of thiophene rings is 1. The zero-order valence-corrected chi connectivity index (χ0v) is 29.8. The predicted octanol–water partition coefficient (Wildman–Crippen LogP) is 6.25. The molecule has 0 aliphatic carbocycles. The number of rotatable bonds is 14. The number of fused-ring (bicyclic) bond motifs is 1. The maximum Gasteiger partial charge on any atom is 0.259 e. The van der Waals surface area contributed by atoms with Crippen LogP contribution in [-0.2, 0) is 32.5 Å². The van der Waals surface area contributed by atoms with Crippen LogP contribution in [0.1, 0.15) is 52.4 Å². The van der Waals surface area contributed by atoms with Crippen molar-refractivity contribution in [1.82, 2.24) is 14.2 Å². The van der Waals surface area contributed by atoms with Gasteiger partial charge >= 0.3 is 0 Å². The number of aromatic nitrogens is 1. The van der Waals surface area contributed by atoms with Gasteiger partial charge in [-0.25, -0.2) is 12.7 Å². The Hall–Kier alpha value is -4.74. The van der Waals surface area contributed by atoms with Crippen LogP contribution in [0, 0.1) is 13.8 Å². The van der Waals surface area contributed by atoms with Crippen LogP contribution in [0.15, 0.2) is 89.8 Å². The number of aryl methyl sites for hydroxylation is 2. The number of nitrogens with two attached hydrogens (primary N) is 1. The van der Waals surface area contributed by atoms with Crippen molar-refractivity contribution < 1.29 is 22.8 Å². The first-order valence-corrected chi connectivity index (χ1v) is 18.8. The van der Waals surface area contributed by atoms with E-state index in [0.29, 0.717) is 21.9 Å². The number of likely N-dealkylation sites (N-methyl/N-ethyl adjacent to an activating group) is 1. The van der Waals surface area contributed by atoms with Gasteiger partial charge in [-0.1, -0.05) is 73.0 Å². The molecule has 0 radical (unpaired) electrons. The second-order valence-electron chi connectivity index (χ2n) is 12.5. The van der Waals surface area contributed by atoms with E-state index in [0.717, 1.165) is 38.7 Å². The molecule has 0 saturated carbocycles. The second-order valence-corrected chi connectivity index (χ2v) is 15.3. The molecule has 0 aliphatic heterocycles. The number of H-pyrrole nitrogens is 1. The lowest BCUT2D eigenvalue weighted by molar-refractivity contribution is -0.137. The summed E-state index contributed by atoms with van der Waals surface area (Å²) in [6.45, 7) is 5.61. The number of benzene rings is 3. The van der Waals surface area contributed by atoms with Crippen molar-refractivity contribution in [3.8, 4) is 11.1 Å². The van der Waals surface area contributed by atoms with Crippen molar-refractivity contribution in [3.63, 3.8) is 0 Å². The summed E-state index contributed by atoms with van der Waals surface area (Å²) in [5.74, 6) is -2.65. The van der Waals surface area contributed by atoms with E-state index in [9.17, 15) is 22.8 Å². The zero-order chi connectivity index (χ0) is 35.3. The quantitative estimate of drug-likeness (QED) is 0.141. The standard InChI is InChI=1S/C38H42N4O5S2/c1-5-6-17-49(46,47)42(34(36(39)43)22-31-23-40-33-10-8-7-9-32(31)33)38(45)35(41(4)37(44)30-19-25(2)18-26(3)20-30)21-27-11-13-28(14-12-27)29-15-16-48-24-29/h7-16,18-20,23-24,34-35,40H,5-6,17,21-22H2,1-4H3,(H2,39,43)/t34-,35-/m0/s1. The van der Waals surface area contributed by atoms with E-state index in [1.807, 2.05) is 92.2 Å². The number of carbonyl (C=O) groups excluding carboxylic acids is 3. The summed E-state index contributed by atoms with van der Waals surface area (Å²) in [5.41, 5.74) is 12.3. The number of unbranched alkanes of at least 4 members (excludes halogenated alkanes) is 1. The Morgan fingerprint density at radius 2 is 1.59 bits per heavy atom. The molecule has 49 heavy (non-hydrogen) atoms. The zero-order valence-electron chi connectivity index (χ0n) is 28.2. The number of sulfonamides is 1. The van der Waals surface area contributed by atoms with Crippen molar-refractivity contribution in [1.29, 1.82) is 0 Å². The fourth-order valence-corrected chi connectivity index (χ4v) is 8.66. The van der Waals surface area contributed by atoms with Gasteiger partial charge in [-0.15, -0.1) is 0 Å². The molecule has 5 rings (SSSR count). The minimum atomic E-state index is -4.36. The Labute approximate surface area is 291 Å². The van der Waals surface area contributed by atoms with Crippen LogP contribution in [0.4, 0.5) is 0 Å². The van der Waals surface area contributed by atoms with Gasteiger partial charge in [0.2, 0.25) is 15.9 Å². The van der Waals surface area contributed by atoms with Gasteiger partial charge in [-0.3, -0.25) is 14.4 Å². The largest absolute Gasteiger partial charge is 0.368 e. The van der Waals surface area contributed by atoms with Gasteiger partial charge in [0.05, 0.1) is 5.75 Å². The van der Waals surface area contributed by atoms with Gasteiger partial charge in [0, 0.05) is 42.6 Å². The topological polar surface area (TPSA) is 134 Å². The van der Waals surface area contributed by atoms with Crippen LogP contribution >= 0.6 is 11.3 Å². The highest BCUT2D eigenvalue weighted by Crippen LogP contribution is 2.27. The van der Waals surface area contributed by atoms with Crippen LogP contribution in [0.5, 0.6) is 0 Å². The number of nitrogens with one attached hydrogen (secondary N) is 1. The molecule has 2 aromatic heterocycles. The third-order valence-corrected chi connectivity index (χ3v) is 11.3. The summed E-state index contributed by atoms with van der Waals surface area (Å²) >= 11 is 1.59. The SMILES string of the molecule is CCCCS(=O)(=O)N(C(=O)[C@H](Cc1ccc(-c2ccsc2)cc1)N(C)C(=O)c1cc(C)cc(C)c1)[C@@H](Cc1c[nH]c2ccccc12)C(N)=O. The summed E-state index contributed by atoms with van der Waals surface area (Å²) in [4.78, 5) is 46.6. The monoisotopic (exact) mass is 698 g/mol. The molecule has 0 fully saturated rings. The second kappa shape index (κ2) is 15.2. The van der Waals surface area contributed by atoms with E-state index in [1.54, 1.807) is 29.7 Å². The van der Waals surface area contributed by atoms with E-state index >= 15 is 0 Å². The smallest absolute Gasteiger partial charge is 0.259 e. The van der Waals surface area contributed by atoms with E-state index in [-0.39, 0.29) is 25.0 Å². The molecule has 2 heterocycles. The molecule has 3 N–H and O–H groups in total. The minimum absolute atomic E-state index is 0.00809. The molecule has 0 aliphatic rings. The van der Waals surface area contributed by atoms with E-state index in [2.05, 4.69) is 4.98 Å². The molecule has 5 aromatic rings. The first-order valence-electron chi connectivity index (χ1n) is 16.3. The van der Waals surface area contributed by atoms with Gasteiger partial charge in [-0.2, -0.15) is 11.3 Å². The molecule has 0 saturated heterocycles. The summed E-state index contributed by atoms with van der Waals surface area (Å²) in [7, 11) is -2.86. The molecule has 2 atom stereocenters. The number of aromatic amines is 1. The Bertz CT molecular complexity index is 2030. The predicted molar refractivity (Wildman–Crippen MR) is 196 cm³/mol. The lowest BCUT2D eigenvalue weighted by atomic mass is 9.99. The van der Waals surface area contributed by atoms with Gasteiger partial charge in [0.1, 0.15) is 12.1 Å². The van der Waals surface area contributed by atoms with Gasteiger partial charge in [0.15, 0.2) is 0 Å². The molecule has 3 aromatic carbocycles. The summed E-state index contributed by atoms with van der Waals surface area (Å²) < 4.78 is 29.0. The fraction of sp³-hybridized carbons (Fsp3) is 0.289. The van der Waals surface area contributed by atoms with Crippen LogP contribution < -0.4 is 5.73 Å². The molecule has 11 heteroatoms. The van der Waals surface area contributed by atoms with Crippen molar-refractivity contribution in [2.45, 2.75) is 58.5 Å². The number of amides is 3. The first-order chi connectivity index (χ1) is 23.4. The van der Waals surface area contributed by atoms with Crippen LogP contribution in [0.3, 0.4) is 0 Å². The molecular weight excluding hydrogens is 657 g/mol. The van der Waals surface area contributed by atoms with Crippen LogP contribution in [0.2, 0.25) is 0 Å². The van der Waals surface area contributed by atoms with Gasteiger partial charge < -0.3 is 15.6 Å². The minimum Gasteiger partial charge on any atom is -0.368 e. The Morgan fingerprint density at radius 1 is 0.898 bits per heavy atom. The maximum absolute atomic E-state index is 14.9. The molecule has 9 nitrogen and oxygen atoms in total. The highest BCUT2D eigenvalue weighted by Gasteiger charge is 2.43. The fourth-order valence-electron chi connectivity index (χ4n) is 6.18. The number of hydrogen-bond donors (Lipinski definition) is 2. The average molecular weight is 699 g/mol. The highest BCUT2D eigenvalue weighted by atomic mass is 32.2. The van der Waals surface area contributed by atoms with Crippen molar-refractivity contribution in [2.75, 3.05) is 12.8 Å². The number of primary amides is 1. The molecule has 0 bridgehead atoms. The first kappa shape index (κ1) is 35.6. The Balaban J connectivity index is 1.59. The number of hydrogen-bond acceptors (Lipinski definition) is 6. The summed E-state index contributed by atoms with van der Waals surface area (Å²) in [6.07, 6.45) is 2.40. The van der Waals surface area contributed by atoms with E-state index < -0.39 is 39.8 Å². The Kier molecular flexibility index (Phi) is 11.0. The molecule has 0 unspecified atom stereocenters. The number of para-hydroxylation sites is 1. The maximum atomic E-state index is 14.9. The van der Waals surface area contributed by atoms with Gasteiger partial charge in [0.25, 0.3) is 11.8 Å². The average Bonchev–Trinajstić information content (AvgIpc) is 3.76. The van der Waals surface area contributed by atoms with Crippen molar-refractivity contribution >= 4 is 50.0 Å². The van der Waals surface area contributed by atoms with E-state index in [4.69, 9.17) is 5.73 Å². The molecule has 0 spiro atoms. The molecular formula is C38H42N4O5S2. The van der Waals surface area contributed by atoms with Crippen molar-refractivity contribution in [2.24, 2.45) is 5.73 Å². The number of nitrogens with zero attached hydrogens (tertiary/aromatic N) is 2. The number of carbonyl (C=O) groups is 3. The summed E-state index contributed by atoms with van der Waals surface area (Å²) in [5, 5.41) is 4.82. The highest BCUT2D eigenvalue weighted by molar-refractivity contribution is 7.89. The Morgan fingerprint density at radius 3 is 2.22 bits per heavy atom. The lowest BCUT2D eigenvalue weighted by Gasteiger charge is -2.35. The lowest BCUT2D eigenvalue weighted by Crippen LogP contribution is -2.59. The van der Waals surface area contributed by atoms with Crippen LogP contribution in [0.25, 0.3) is 22.0 Å². The van der Waals surface area contributed by atoms with Crippen molar-refractivity contribution in [3.05, 3.63) is 118 Å². The molecule has 256 valence electrons. The third-order valence-electron chi connectivity index (χ3n) is 8.75. The van der Waals surface area contributed by atoms with Crippen LogP contribution in [-0.4, -0.2) is 65.2 Å². The van der Waals surface area contributed by atoms with E-state index in [1.165, 1.54) is 11.9 Å². The normalized spacial score (nSPS) is 12.8. The third kappa shape index (κ3) is 8.12. The molecule has 3 amide bonds. The summed E-state index contributed by atoms with van der Waals surface area (Å²) in [6, 6.07) is 19.7. The van der Waals surface area contributed by atoms with Gasteiger partial charge in [-0.05, 0) is 77.5 Å².